The van der Waals surface area contributed by atoms with Crippen LogP contribution in [0.5, 0.6) is 5.75 Å². The molecule has 0 radical (unpaired) electrons. The third-order valence-corrected chi connectivity index (χ3v) is 5.53. The highest BCUT2D eigenvalue weighted by Gasteiger charge is 2.35. The van der Waals surface area contributed by atoms with Crippen molar-refractivity contribution in [3.8, 4) is 5.75 Å². The molecule has 0 spiro atoms. The van der Waals surface area contributed by atoms with Crippen molar-refractivity contribution in [3.63, 3.8) is 0 Å². The number of likely N-dealkylation sites (tertiary alicyclic amines) is 1. The number of fused-ring (bicyclic) bond motifs is 1. The minimum atomic E-state index is -0.529. The molecule has 1 heterocycles. The van der Waals surface area contributed by atoms with Gasteiger partial charge in [-0.15, -0.1) is 0 Å². The van der Waals surface area contributed by atoms with Gasteiger partial charge in [-0.25, -0.2) is 0 Å². The molecule has 0 aliphatic carbocycles. The predicted octanol–water partition coefficient (Wildman–Crippen LogP) is 3.00. The van der Waals surface area contributed by atoms with Crippen LogP contribution in [0, 0.1) is 0 Å². The summed E-state index contributed by atoms with van der Waals surface area (Å²) in [7, 11) is 1.37. The first kappa shape index (κ1) is 21.6. The van der Waals surface area contributed by atoms with Gasteiger partial charge in [-0.1, -0.05) is 36.8 Å². The van der Waals surface area contributed by atoms with Crippen LogP contribution in [-0.4, -0.2) is 54.0 Å². The number of esters is 1. The van der Waals surface area contributed by atoms with Gasteiger partial charge in [0, 0.05) is 24.9 Å². The standard InChI is InChI=1S/C23H28N2O5/c1-30-20(26)11-3-2-6-14-24-22(28)19-10-7-15-25(19)23(29)18-13-12-16-8-4-5-9-17(16)21(18)27/h4-5,8-9,12-13,19,27H,2-3,6-7,10-11,14-15H2,1H3,(H,24,28). The van der Waals surface area contributed by atoms with Gasteiger partial charge in [0.25, 0.3) is 5.91 Å². The summed E-state index contributed by atoms with van der Waals surface area (Å²) in [5.74, 6) is -0.770. The summed E-state index contributed by atoms with van der Waals surface area (Å²) in [6.07, 6.45) is 4.02. The minimum absolute atomic E-state index is 0.0465. The van der Waals surface area contributed by atoms with Gasteiger partial charge in [0.1, 0.15) is 11.8 Å². The van der Waals surface area contributed by atoms with Crippen LogP contribution in [0.1, 0.15) is 48.9 Å². The lowest BCUT2D eigenvalue weighted by molar-refractivity contribution is -0.140. The summed E-state index contributed by atoms with van der Waals surface area (Å²) in [6.45, 7) is 0.988. The maximum atomic E-state index is 13.1. The van der Waals surface area contributed by atoms with Crippen molar-refractivity contribution in [2.45, 2.75) is 44.6 Å². The first-order chi connectivity index (χ1) is 14.5. The zero-order valence-corrected chi connectivity index (χ0v) is 17.2. The summed E-state index contributed by atoms with van der Waals surface area (Å²) in [6, 6.07) is 10.2. The molecule has 2 amide bonds. The third-order valence-electron chi connectivity index (χ3n) is 5.53. The fourth-order valence-electron chi connectivity index (χ4n) is 3.87. The van der Waals surface area contributed by atoms with Crippen LogP contribution in [0.2, 0.25) is 0 Å². The summed E-state index contributed by atoms with van der Waals surface area (Å²) in [5, 5.41) is 15.0. The van der Waals surface area contributed by atoms with Gasteiger partial charge in [0.15, 0.2) is 0 Å². The van der Waals surface area contributed by atoms with Crippen LogP contribution in [-0.2, 0) is 14.3 Å². The maximum absolute atomic E-state index is 13.1. The fourth-order valence-corrected chi connectivity index (χ4v) is 3.87. The van der Waals surface area contributed by atoms with E-state index in [-0.39, 0.29) is 29.1 Å². The van der Waals surface area contributed by atoms with E-state index in [4.69, 9.17) is 0 Å². The fraction of sp³-hybridized carbons (Fsp3) is 0.435. The van der Waals surface area contributed by atoms with Gasteiger partial charge in [-0.05, 0) is 37.1 Å². The highest BCUT2D eigenvalue weighted by molar-refractivity contribution is 6.05. The quantitative estimate of drug-likeness (QED) is 0.513. The van der Waals surface area contributed by atoms with Crippen LogP contribution in [0.25, 0.3) is 10.8 Å². The first-order valence-electron chi connectivity index (χ1n) is 10.4. The van der Waals surface area contributed by atoms with E-state index in [0.29, 0.717) is 31.3 Å². The van der Waals surface area contributed by atoms with Gasteiger partial charge in [0.2, 0.25) is 5.91 Å². The second kappa shape index (κ2) is 10.1. The average molecular weight is 412 g/mol. The molecule has 30 heavy (non-hydrogen) atoms. The normalized spacial score (nSPS) is 15.9. The van der Waals surface area contributed by atoms with Gasteiger partial charge >= 0.3 is 5.97 Å². The van der Waals surface area contributed by atoms with Gasteiger partial charge < -0.3 is 20.1 Å². The number of carbonyl (C=O) groups is 3. The molecule has 2 aromatic rings. The topological polar surface area (TPSA) is 95.9 Å². The van der Waals surface area contributed by atoms with Crippen molar-refractivity contribution < 1.29 is 24.2 Å². The predicted molar refractivity (Wildman–Crippen MR) is 113 cm³/mol. The molecule has 3 rings (SSSR count). The minimum Gasteiger partial charge on any atom is -0.506 e. The van der Waals surface area contributed by atoms with E-state index < -0.39 is 6.04 Å². The molecule has 160 valence electrons. The van der Waals surface area contributed by atoms with Crippen LogP contribution < -0.4 is 5.32 Å². The zero-order valence-electron chi connectivity index (χ0n) is 17.2. The Bertz CT molecular complexity index is 927. The highest BCUT2D eigenvalue weighted by atomic mass is 16.5. The SMILES string of the molecule is COC(=O)CCCCCNC(=O)C1CCCN1C(=O)c1ccc2ccccc2c1O. The molecule has 1 aliphatic rings. The molecule has 7 heteroatoms. The molecule has 2 N–H and O–H groups in total. The number of unbranched alkanes of at least 4 members (excludes halogenated alkanes) is 2. The smallest absolute Gasteiger partial charge is 0.305 e. The lowest BCUT2D eigenvalue weighted by Crippen LogP contribution is -2.46. The Morgan fingerprint density at radius 3 is 2.73 bits per heavy atom. The largest absolute Gasteiger partial charge is 0.506 e. The number of ether oxygens (including phenoxy) is 1. The summed E-state index contributed by atoms with van der Waals surface area (Å²) >= 11 is 0. The van der Waals surface area contributed by atoms with Crippen molar-refractivity contribution in [3.05, 3.63) is 42.0 Å². The summed E-state index contributed by atoms with van der Waals surface area (Å²) in [4.78, 5) is 38.4. The number of aromatic hydroxyl groups is 1. The van der Waals surface area contributed by atoms with Crippen molar-refractivity contribution in [1.82, 2.24) is 10.2 Å². The molecule has 1 fully saturated rings. The van der Waals surface area contributed by atoms with E-state index in [0.717, 1.165) is 31.1 Å². The molecule has 1 saturated heterocycles. The molecule has 0 bridgehead atoms. The number of nitrogens with zero attached hydrogens (tertiary/aromatic N) is 1. The lowest BCUT2D eigenvalue weighted by atomic mass is 10.0. The van der Waals surface area contributed by atoms with E-state index in [9.17, 15) is 19.5 Å². The van der Waals surface area contributed by atoms with E-state index in [2.05, 4.69) is 10.1 Å². The number of amides is 2. The Hall–Kier alpha value is -3.09. The molecular weight excluding hydrogens is 384 g/mol. The molecule has 0 saturated carbocycles. The average Bonchev–Trinajstić information content (AvgIpc) is 3.26. The Morgan fingerprint density at radius 1 is 1.13 bits per heavy atom. The third kappa shape index (κ3) is 4.90. The molecule has 1 atom stereocenters. The van der Waals surface area contributed by atoms with E-state index in [1.165, 1.54) is 7.11 Å². The van der Waals surface area contributed by atoms with Crippen LogP contribution >= 0.6 is 0 Å². The first-order valence-corrected chi connectivity index (χ1v) is 10.4. The summed E-state index contributed by atoms with van der Waals surface area (Å²) in [5.41, 5.74) is 0.219. The Morgan fingerprint density at radius 2 is 1.93 bits per heavy atom. The Kier molecular flexibility index (Phi) is 7.27. The molecule has 0 aromatic heterocycles. The second-order valence-electron chi connectivity index (χ2n) is 7.52. The number of nitrogens with one attached hydrogen (secondary N) is 1. The Balaban J connectivity index is 1.57. The molecule has 2 aromatic carbocycles. The van der Waals surface area contributed by atoms with E-state index in [1.54, 1.807) is 17.0 Å². The summed E-state index contributed by atoms with van der Waals surface area (Å²) < 4.78 is 4.60. The Labute approximate surface area is 176 Å². The number of phenols is 1. The van der Waals surface area contributed by atoms with Crippen molar-refractivity contribution >= 4 is 28.6 Å². The van der Waals surface area contributed by atoms with E-state index in [1.807, 2.05) is 24.3 Å². The monoisotopic (exact) mass is 412 g/mol. The number of hydrogen-bond donors (Lipinski definition) is 2. The molecule has 1 aliphatic heterocycles. The molecule has 1 unspecified atom stereocenters. The maximum Gasteiger partial charge on any atom is 0.305 e. The van der Waals surface area contributed by atoms with Crippen molar-refractivity contribution in [2.24, 2.45) is 0 Å². The lowest BCUT2D eigenvalue weighted by Gasteiger charge is -2.24. The number of rotatable bonds is 8. The van der Waals surface area contributed by atoms with Crippen LogP contribution in [0.15, 0.2) is 36.4 Å². The second-order valence-corrected chi connectivity index (χ2v) is 7.52. The number of hydrogen-bond acceptors (Lipinski definition) is 5. The van der Waals surface area contributed by atoms with Crippen molar-refractivity contribution in [1.29, 1.82) is 0 Å². The molecule has 7 nitrogen and oxygen atoms in total. The number of methoxy groups -OCH3 is 1. The number of phenolic OH excluding ortho intramolecular Hbond substituents is 1. The number of carbonyl (C=O) groups excluding carboxylic acids is 3. The zero-order chi connectivity index (χ0) is 21.5. The highest BCUT2D eigenvalue weighted by Crippen LogP contribution is 2.31. The van der Waals surface area contributed by atoms with Gasteiger partial charge in [-0.3, -0.25) is 14.4 Å². The van der Waals surface area contributed by atoms with Crippen molar-refractivity contribution in [2.75, 3.05) is 20.2 Å². The van der Waals surface area contributed by atoms with Crippen LogP contribution in [0.4, 0.5) is 0 Å². The van der Waals surface area contributed by atoms with Gasteiger partial charge in [0.05, 0.1) is 12.7 Å². The van der Waals surface area contributed by atoms with Gasteiger partial charge in [-0.2, -0.15) is 0 Å². The van der Waals surface area contributed by atoms with Crippen LogP contribution in [0.3, 0.4) is 0 Å². The molecular formula is C23H28N2O5. The number of benzene rings is 2. The van der Waals surface area contributed by atoms with E-state index >= 15 is 0 Å².